The Hall–Kier alpha value is -3.48. The maximum Gasteiger partial charge on any atom is 0.316 e. The van der Waals surface area contributed by atoms with E-state index in [9.17, 15) is 9.18 Å². The van der Waals surface area contributed by atoms with E-state index in [-0.39, 0.29) is 18.0 Å². The van der Waals surface area contributed by atoms with Gasteiger partial charge in [-0.05, 0) is 37.1 Å². The Kier molecular flexibility index (Phi) is 5.65. The average Bonchev–Trinajstić information content (AvgIpc) is 2.76. The Morgan fingerprint density at radius 2 is 1.76 bits per heavy atom. The molecule has 0 bridgehead atoms. The van der Waals surface area contributed by atoms with Crippen LogP contribution in [0.2, 0.25) is 0 Å². The Morgan fingerprint density at radius 3 is 2.55 bits per heavy atom. The second-order valence-electron chi connectivity index (χ2n) is 6.73. The Labute approximate surface area is 167 Å². The van der Waals surface area contributed by atoms with E-state index in [1.54, 1.807) is 17.0 Å². The monoisotopic (exact) mass is 393 g/mol. The van der Waals surface area contributed by atoms with Crippen molar-refractivity contribution in [1.29, 1.82) is 0 Å². The van der Waals surface area contributed by atoms with Gasteiger partial charge in [-0.25, -0.2) is 14.4 Å². The predicted octanol–water partition coefficient (Wildman–Crippen LogP) is 4.09. The summed E-state index contributed by atoms with van der Waals surface area (Å²) in [7, 11) is 0. The summed E-state index contributed by atoms with van der Waals surface area (Å²) in [5, 5.41) is 0. The minimum absolute atomic E-state index is 0.110. The summed E-state index contributed by atoms with van der Waals surface area (Å²) in [6.07, 6.45) is 3.43. The molecule has 7 heteroatoms. The molecule has 1 aliphatic heterocycles. The molecule has 1 saturated heterocycles. The van der Waals surface area contributed by atoms with Crippen LogP contribution >= 0.6 is 0 Å². The van der Waals surface area contributed by atoms with Crippen LogP contribution in [-0.2, 0) is 0 Å². The summed E-state index contributed by atoms with van der Waals surface area (Å²) in [5.41, 5.74) is 0.495. The first-order valence-electron chi connectivity index (χ1n) is 9.44. The van der Waals surface area contributed by atoms with Crippen LogP contribution in [0, 0.1) is 5.82 Å². The van der Waals surface area contributed by atoms with Gasteiger partial charge in [0.15, 0.2) is 5.82 Å². The maximum atomic E-state index is 13.2. The summed E-state index contributed by atoms with van der Waals surface area (Å²) in [5.74, 6) is 0.535. The Morgan fingerprint density at radius 1 is 1.03 bits per heavy atom. The predicted molar refractivity (Wildman–Crippen MR) is 105 cm³/mol. The lowest BCUT2D eigenvalue weighted by atomic mass is 10.1. The number of hydrogen-bond donors (Lipinski definition) is 0. The van der Waals surface area contributed by atoms with Gasteiger partial charge in [0.1, 0.15) is 17.6 Å². The molecule has 4 rings (SSSR count). The number of amides is 1. The first-order chi connectivity index (χ1) is 14.2. The Bertz CT molecular complexity index is 967. The van der Waals surface area contributed by atoms with Crippen molar-refractivity contribution < 1.29 is 18.7 Å². The zero-order chi connectivity index (χ0) is 20.1. The molecule has 29 heavy (non-hydrogen) atoms. The van der Waals surface area contributed by atoms with E-state index in [1.165, 1.54) is 0 Å². The van der Waals surface area contributed by atoms with E-state index in [2.05, 4.69) is 9.97 Å². The highest BCUT2D eigenvalue weighted by atomic mass is 19.1. The van der Waals surface area contributed by atoms with Gasteiger partial charge in [-0.2, -0.15) is 0 Å². The van der Waals surface area contributed by atoms with Crippen molar-refractivity contribution in [2.24, 2.45) is 0 Å². The van der Waals surface area contributed by atoms with E-state index in [1.807, 2.05) is 42.5 Å². The SMILES string of the molecule is O=C(c1ccccc1Oc1ccccc1)N1CCCC(Oc2ncc(F)cn2)C1. The normalized spacial score (nSPS) is 16.3. The van der Waals surface area contributed by atoms with Gasteiger partial charge in [0, 0.05) is 6.54 Å². The molecule has 6 nitrogen and oxygen atoms in total. The van der Waals surface area contributed by atoms with Gasteiger partial charge in [0.2, 0.25) is 0 Å². The first-order valence-corrected chi connectivity index (χ1v) is 9.44. The van der Waals surface area contributed by atoms with Crippen LogP contribution in [0.25, 0.3) is 0 Å². The average molecular weight is 393 g/mol. The van der Waals surface area contributed by atoms with Crippen molar-refractivity contribution in [2.45, 2.75) is 18.9 Å². The maximum absolute atomic E-state index is 13.2. The molecule has 1 aromatic heterocycles. The molecule has 2 aromatic carbocycles. The van der Waals surface area contributed by atoms with Gasteiger partial charge in [-0.15, -0.1) is 0 Å². The zero-order valence-electron chi connectivity index (χ0n) is 15.7. The fraction of sp³-hybridized carbons (Fsp3) is 0.227. The van der Waals surface area contributed by atoms with Crippen LogP contribution in [-0.4, -0.2) is 40.0 Å². The molecular weight excluding hydrogens is 373 g/mol. The fourth-order valence-electron chi connectivity index (χ4n) is 3.25. The van der Waals surface area contributed by atoms with Crippen LogP contribution in [0.15, 0.2) is 67.0 Å². The largest absolute Gasteiger partial charge is 0.458 e. The number of nitrogens with zero attached hydrogens (tertiary/aromatic N) is 3. The lowest BCUT2D eigenvalue weighted by Crippen LogP contribution is -2.44. The van der Waals surface area contributed by atoms with E-state index < -0.39 is 5.82 Å². The highest BCUT2D eigenvalue weighted by Crippen LogP contribution is 2.27. The molecule has 1 amide bonds. The molecular formula is C22H20FN3O3. The molecule has 0 aliphatic carbocycles. The van der Waals surface area contributed by atoms with Gasteiger partial charge in [0.25, 0.3) is 5.91 Å². The third kappa shape index (κ3) is 4.68. The van der Waals surface area contributed by atoms with Crippen molar-refractivity contribution >= 4 is 5.91 Å². The van der Waals surface area contributed by atoms with Crippen molar-refractivity contribution in [3.8, 4) is 17.5 Å². The number of halogens is 1. The second-order valence-corrected chi connectivity index (χ2v) is 6.73. The number of hydrogen-bond acceptors (Lipinski definition) is 5. The number of ether oxygens (including phenoxy) is 2. The van der Waals surface area contributed by atoms with Crippen molar-refractivity contribution in [1.82, 2.24) is 14.9 Å². The number of carbonyl (C=O) groups excluding carboxylic acids is 1. The minimum Gasteiger partial charge on any atom is -0.458 e. The van der Waals surface area contributed by atoms with Gasteiger partial charge in [-0.1, -0.05) is 30.3 Å². The number of carbonyl (C=O) groups is 1. The lowest BCUT2D eigenvalue weighted by Gasteiger charge is -2.32. The molecule has 0 N–H and O–H groups in total. The smallest absolute Gasteiger partial charge is 0.316 e. The van der Waals surface area contributed by atoms with Crippen LogP contribution in [0.1, 0.15) is 23.2 Å². The zero-order valence-corrected chi connectivity index (χ0v) is 15.7. The topological polar surface area (TPSA) is 64.5 Å². The van der Waals surface area contributed by atoms with Gasteiger partial charge in [-0.3, -0.25) is 4.79 Å². The summed E-state index contributed by atoms with van der Waals surface area (Å²) >= 11 is 0. The van der Waals surface area contributed by atoms with Crippen LogP contribution in [0.5, 0.6) is 17.5 Å². The highest BCUT2D eigenvalue weighted by Gasteiger charge is 2.28. The van der Waals surface area contributed by atoms with Crippen molar-refractivity contribution in [3.05, 3.63) is 78.4 Å². The number of piperidine rings is 1. The molecule has 3 aromatic rings. The quantitative estimate of drug-likeness (QED) is 0.653. The summed E-state index contributed by atoms with van der Waals surface area (Å²) in [6, 6.07) is 16.6. The number of rotatable bonds is 5. The lowest BCUT2D eigenvalue weighted by molar-refractivity contribution is 0.0513. The van der Waals surface area contributed by atoms with E-state index in [0.717, 1.165) is 25.2 Å². The molecule has 1 atom stereocenters. The van der Waals surface area contributed by atoms with E-state index >= 15 is 0 Å². The summed E-state index contributed by atoms with van der Waals surface area (Å²) in [6.45, 7) is 1.03. The second kappa shape index (κ2) is 8.68. The number of likely N-dealkylation sites (tertiary alicyclic amines) is 1. The summed E-state index contributed by atoms with van der Waals surface area (Å²) in [4.78, 5) is 22.6. The number of benzene rings is 2. The van der Waals surface area contributed by atoms with Crippen LogP contribution in [0.3, 0.4) is 0 Å². The van der Waals surface area contributed by atoms with Gasteiger partial charge in [0.05, 0.1) is 24.5 Å². The number of para-hydroxylation sites is 2. The third-order valence-electron chi connectivity index (χ3n) is 4.62. The van der Waals surface area contributed by atoms with Crippen LogP contribution in [0.4, 0.5) is 4.39 Å². The molecule has 0 saturated carbocycles. The first kappa shape index (κ1) is 18.9. The molecule has 148 valence electrons. The molecule has 1 aliphatic rings. The molecule has 1 unspecified atom stereocenters. The van der Waals surface area contributed by atoms with E-state index in [4.69, 9.17) is 9.47 Å². The highest BCUT2D eigenvalue weighted by molar-refractivity contribution is 5.97. The fourth-order valence-corrected chi connectivity index (χ4v) is 3.25. The number of aromatic nitrogens is 2. The van der Waals surface area contributed by atoms with Gasteiger partial charge >= 0.3 is 6.01 Å². The molecule has 0 radical (unpaired) electrons. The van der Waals surface area contributed by atoms with Crippen molar-refractivity contribution in [2.75, 3.05) is 13.1 Å². The minimum atomic E-state index is -0.521. The van der Waals surface area contributed by atoms with Crippen LogP contribution < -0.4 is 9.47 Å². The Balaban J connectivity index is 1.47. The molecule has 1 fully saturated rings. The third-order valence-corrected chi connectivity index (χ3v) is 4.62. The molecule has 0 spiro atoms. The summed E-state index contributed by atoms with van der Waals surface area (Å²) < 4.78 is 24.6. The molecule has 2 heterocycles. The standard InChI is InChI=1S/C22H20FN3O3/c23-16-13-24-22(25-14-16)29-18-9-6-12-26(15-18)21(27)19-10-4-5-11-20(19)28-17-7-2-1-3-8-17/h1-5,7-8,10-11,13-14,18H,6,9,12,15H2. The van der Waals surface area contributed by atoms with Crippen molar-refractivity contribution in [3.63, 3.8) is 0 Å². The van der Waals surface area contributed by atoms with E-state index in [0.29, 0.717) is 30.2 Å². The van der Waals surface area contributed by atoms with Gasteiger partial charge < -0.3 is 14.4 Å².